The zero-order chi connectivity index (χ0) is 23.9. The standard InChI is InChI=1S/C24H29N3O6/c1-2-31-24(30)33-22-16-19(9-10-21(22)28)15-20(17-25)23(29)32-14-8-6-4-3-5-7-12-27-13-11-26-18-27/h9-11,13,15-16,18,28H,2-8,12,14H2,1H3/b20-15+. The van der Waals surface area contributed by atoms with E-state index in [-0.39, 0.29) is 30.3 Å². The maximum Gasteiger partial charge on any atom is 0.513 e. The van der Waals surface area contributed by atoms with Gasteiger partial charge in [0.2, 0.25) is 0 Å². The first kappa shape index (κ1) is 25.5. The summed E-state index contributed by atoms with van der Waals surface area (Å²) in [4.78, 5) is 27.7. The van der Waals surface area contributed by atoms with Gasteiger partial charge < -0.3 is 23.9 Å². The Kier molecular flexibility index (Phi) is 11.0. The molecule has 1 aromatic carbocycles. The lowest BCUT2D eigenvalue weighted by Gasteiger charge is -2.07. The summed E-state index contributed by atoms with van der Waals surface area (Å²) in [6.45, 7) is 2.95. The first-order valence-corrected chi connectivity index (χ1v) is 11.0. The number of nitriles is 1. The summed E-state index contributed by atoms with van der Waals surface area (Å²) < 4.78 is 16.8. The molecule has 176 valence electrons. The molecule has 33 heavy (non-hydrogen) atoms. The van der Waals surface area contributed by atoms with Crippen molar-refractivity contribution in [3.63, 3.8) is 0 Å². The van der Waals surface area contributed by atoms with Crippen LogP contribution in [-0.2, 0) is 20.8 Å². The third-order valence-electron chi connectivity index (χ3n) is 4.69. The summed E-state index contributed by atoms with van der Waals surface area (Å²) in [6.07, 6.45) is 12.0. The van der Waals surface area contributed by atoms with Crippen LogP contribution in [0.2, 0.25) is 0 Å². The van der Waals surface area contributed by atoms with Crippen LogP contribution in [0.1, 0.15) is 51.0 Å². The molecular formula is C24H29N3O6. The van der Waals surface area contributed by atoms with Crippen molar-refractivity contribution in [3.05, 3.63) is 48.1 Å². The molecular weight excluding hydrogens is 426 g/mol. The highest BCUT2D eigenvalue weighted by Crippen LogP contribution is 2.28. The smallest absolute Gasteiger partial charge is 0.504 e. The number of phenolic OH excluding ortho intramolecular Hbond substituents is 1. The molecule has 1 aromatic heterocycles. The summed E-state index contributed by atoms with van der Waals surface area (Å²) >= 11 is 0. The van der Waals surface area contributed by atoms with Crippen LogP contribution in [0.5, 0.6) is 11.5 Å². The van der Waals surface area contributed by atoms with Crippen molar-refractivity contribution >= 4 is 18.2 Å². The molecule has 0 aliphatic carbocycles. The fraction of sp³-hybridized carbons (Fsp3) is 0.417. The Balaban J connectivity index is 1.72. The number of carbonyl (C=O) groups excluding carboxylic acids is 2. The maximum atomic E-state index is 12.2. The number of ether oxygens (including phenoxy) is 3. The van der Waals surface area contributed by atoms with E-state index in [1.807, 2.05) is 18.6 Å². The second-order valence-electron chi connectivity index (χ2n) is 7.24. The van der Waals surface area contributed by atoms with Crippen LogP contribution in [-0.4, -0.2) is 40.0 Å². The number of nitrogens with zero attached hydrogens (tertiary/aromatic N) is 3. The number of aromatic hydroxyl groups is 1. The Bertz CT molecular complexity index is 963. The van der Waals surface area contributed by atoms with E-state index in [9.17, 15) is 20.0 Å². The molecule has 0 aliphatic heterocycles. The Morgan fingerprint density at radius 1 is 1.15 bits per heavy atom. The van der Waals surface area contributed by atoms with Gasteiger partial charge in [-0.05, 0) is 43.5 Å². The average molecular weight is 456 g/mol. The van der Waals surface area contributed by atoms with Crippen molar-refractivity contribution in [3.8, 4) is 17.6 Å². The number of aryl methyl sites for hydroxylation is 1. The van der Waals surface area contributed by atoms with E-state index >= 15 is 0 Å². The van der Waals surface area contributed by atoms with Gasteiger partial charge in [-0.25, -0.2) is 14.6 Å². The molecule has 0 fully saturated rings. The monoisotopic (exact) mass is 455 g/mol. The molecule has 0 saturated heterocycles. The van der Waals surface area contributed by atoms with Crippen molar-refractivity contribution in [2.75, 3.05) is 13.2 Å². The van der Waals surface area contributed by atoms with E-state index in [1.165, 1.54) is 24.3 Å². The number of carbonyl (C=O) groups is 2. The number of benzene rings is 1. The minimum absolute atomic E-state index is 0.121. The second kappa shape index (κ2) is 14.3. The maximum absolute atomic E-state index is 12.2. The summed E-state index contributed by atoms with van der Waals surface area (Å²) in [5.41, 5.74) is 0.193. The van der Waals surface area contributed by atoms with Crippen LogP contribution in [0.3, 0.4) is 0 Å². The van der Waals surface area contributed by atoms with Crippen molar-refractivity contribution in [1.29, 1.82) is 5.26 Å². The van der Waals surface area contributed by atoms with Crippen LogP contribution in [0.4, 0.5) is 4.79 Å². The van der Waals surface area contributed by atoms with E-state index in [2.05, 4.69) is 14.3 Å². The molecule has 0 bridgehead atoms. The highest BCUT2D eigenvalue weighted by Gasteiger charge is 2.13. The van der Waals surface area contributed by atoms with Crippen molar-refractivity contribution in [1.82, 2.24) is 9.55 Å². The Morgan fingerprint density at radius 3 is 2.61 bits per heavy atom. The lowest BCUT2D eigenvalue weighted by molar-refractivity contribution is -0.138. The number of phenols is 1. The third-order valence-corrected chi connectivity index (χ3v) is 4.69. The lowest BCUT2D eigenvalue weighted by Crippen LogP contribution is -2.10. The number of aromatic nitrogens is 2. The molecule has 0 unspecified atom stereocenters. The molecule has 0 spiro atoms. The number of hydrogen-bond acceptors (Lipinski definition) is 8. The zero-order valence-electron chi connectivity index (χ0n) is 18.7. The molecule has 1 N–H and O–H groups in total. The number of rotatable bonds is 13. The van der Waals surface area contributed by atoms with Gasteiger partial charge in [0.05, 0.1) is 19.5 Å². The molecule has 9 nitrogen and oxygen atoms in total. The summed E-state index contributed by atoms with van der Waals surface area (Å²) in [5.74, 6) is -1.14. The summed E-state index contributed by atoms with van der Waals surface area (Å²) in [5, 5.41) is 19.1. The molecule has 0 aliphatic rings. The van der Waals surface area contributed by atoms with E-state index in [1.54, 1.807) is 13.1 Å². The first-order valence-electron chi connectivity index (χ1n) is 11.0. The van der Waals surface area contributed by atoms with Crippen molar-refractivity contribution in [2.45, 2.75) is 52.0 Å². The Labute approximate surface area is 193 Å². The third kappa shape index (κ3) is 9.47. The molecule has 2 aromatic rings. The number of unbranched alkanes of at least 4 members (excludes halogenated alkanes) is 5. The number of imidazole rings is 1. The number of esters is 1. The van der Waals surface area contributed by atoms with Crippen LogP contribution >= 0.6 is 0 Å². The topological polar surface area (TPSA) is 124 Å². The van der Waals surface area contributed by atoms with E-state index in [4.69, 9.17) is 9.47 Å². The highest BCUT2D eigenvalue weighted by atomic mass is 16.7. The fourth-order valence-electron chi connectivity index (χ4n) is 3.01. The summed E-state index contributed by atoms with van der Waals surface area (Å²) in [6, 6.07) is 5.91. The van der Waals surface area contributed by atoms with Gasteiger partial charge in [0.25, 0.3) is 0 Å². The lowest BCUT2D eigenvalue weighted by atomic mass is 10.1. The van der Waals surface area contributed by atoms with E-state index in [0.29, 0.717) is 5.56 Å². The van der Waals surface area contributed by atoms with E-state index in [0.717, 1.165) is 45.1 Å². The second-order valence-corrected chi connectivity index (χ2v) is 7.24. The Hall–Kier alpha value is -3.80. The zero-order valence-corrected chi connectivity index (χ0v) is 18.7. The molecule has 9 heteroatoms. The average Bonchev–Trinajstić information content (AvgIpc) is 3.32. The van der Waals surface area contributed by atoms with Crippen LogP contribution in [0.25, 0.3) is 6.08 Å². The fourth-order valence-corrected chi connectivity index (χ4v) is 3.01. The molecule has 0 saturated carbocycles. The predicted molar refractivity (Wildman–Crippen MR) is 120 cm³/mol. The van der Waals surface area contributed by atoms with Gasteiger partial charge in [-0.1, -0.05) is 31.7 Å². The minimum Gasteiger partial charge on any atom is -0.504 e. The minimum atomic E-state index is -0.966. The van der Waals surface area contributed by atoms with Crippen LogP contribution in [0, 0.1) is 11.3 Å². The van der Waals surface area contributed by atoms with Crippen LogP contribution < -0.4 is 4.74 Å². The van der Waals surface area contributed by atoms with Crippen molar-refractivity contribution in [2.24, 2.45) is 0 Å². The molecule has 1 heterocycles. The van der Waals surface area contributed by atoms with Gasteiger partial charge >= 0.3 is 12.1 Å². The van der Waals surface area contributed by atoms with Gasteiger partial charge in [0.15, 0.2) is 11.5 Å². The van der Waals surface area contributed by atoms with Crippen molar-refractivity contribution < 1.29 is 28.9 Å². The first-order chi connectivity index (χ1) is 16.0. The summed E-state index contributed by atoms with van der Waals surface area (Å²) in [7, 11) is 0. The SMILES string of the molecule is CCOC(=O)Oc1cc(/C=C(\C#N)C(=O)OCCCCCCCCn2ccnc2)ccc1O. The molecule has 0 radical (unpaired) electrons. The predicted octanol–water partition coefficient (Wildman–Crippen LogP) is 4.61. The van der Waals surface area contributed by atoms with Gasteiger partial charge in [-0.15, -0.1) is 0 Å². The molecule has 0 atom stereocenters. The largest absolute Gasteiger partial charge is 0.513 e. The van der Waals surface area contributed by atoms with Gasteiger partial charge in [0.1, 0.15) is 11.6 Å². The van der Waals surface area contributed by atoms with Gasteiger partial charge in [-0.3, -0.25) is 0 Å². The highest BCUT2D eigenvalue weighted by molar-refractivity contribution is 5.98. The van der Waals surface area contributed by atoms with E-state index < -0.39 is 12.1 Å². The number of hydrogen-bond donors (Lipinski definition) is 1. The molecule has 0 amide bonds. The molecule has 2 rings (SSSR count). The van der Waals surface area contributed by atoms with Crippen LogP contribution in [0.15, 0.2) is 42.5 Å². The quantitative estimate of drug-likeness (QED) is 0.153. The van der Waals surface area contributed by atoms with Gasteiger partial charge in [0, 0.05) is 18.9 Å². The van der Waals surface area contributed by atoms with Gasteiger partial charge in [-0.2, -0.15) is 5.26 Å². The Morgan fingerprint density at radius 2 is 1.91 bits per heavy atom. The normalized spacial score (nSPS) is 11.0.